The van der Waals surface area contributed by atoms with Crippen molar-refractivity contribution < 1.29 is 4.39 Å². The molecular formula is C16H24BrFN2. The Morgan fingerprint density at radius 2 is 2.10 bits per heavy atom. The maximum absolute atomic E-state index is 13.2. The Morgan fingerprint density at radius 3 is 2.75 bits per heavy atom. The Kier molecular flexibility index (Phi) is 6.46. The molecule has 2 nitrogen and oxygen atoms in total. The first-order chi connectivity index (χ1) is 9.69. The predicted molar refractivity (Wildman–Crippen MR) is 85.3 cm³/mol. The average Bonchev–Trinajstić information content (AvgIpc) is 2.45. The number of likely N-dealkylation sites (tertiary alicyclic amines) is 1. The molecule has 1 aromatic rings. The van der Waals surface area contributed by atoms with E-state index in [2.05, 4.69) is 33.1 Å². The summed E-state index contributed by atoms with van der Waals surface area (Å²) in [6.07, 6.45) is 3.73. The van der Waals surface area contributed by atoms with E-state index >= 15 is 0 Å². The lowest BCUT2D eigenvalue weighted by molar-refractivity contribution is 0.175. The molecule has 1 aromatic carbocycles. The van der Waals surface area contributed by atoms with Crippen LogP contribution in [0, 0.1) is 11.7 Å². The minimum atomic E-state index is -0.186. The van der Waals surface area contributed by atoms with Gasteiger partial charge in [-0.1, -0.05) is 13.0 Å². The number of rotatable bonds is 6. The fourth-order valence-electron chi connectivity index (χ4n) is 2.73. The van der Waals surface area contributed by atoms with E-state index < -0.39 is 0 Å². The van der Waals surface area contributed by atoms with E-state index in [9.17, 15) is 4.39 Å². The largest absolute Gasteiger partial charge is 0.316 e. The molecule has 0 aromatic heterocycles. The number of halogens is 2. The highest BCUT2D eigenvalue weighted by Gasteiger charge is 2.18. The molecule has 1 saturated heterocycles. The van der Waals surface area contributed by atoms with Crippen molar-refractivity contribution in [3.63, 3.8) is 0 Å². The lowest BCUT2D eigenvalue weighted by atomic mass is 9.96. The Balaban J connectivity index is 1.75. The number of hydrogen-bond acceptors (Lipinski definition) is 2. The van der Waals surface area contributed by atoms with Crippen LogP contribution >= 0.6 is 15.9 Å². The fourth-order valence-corrected chi connectivity index (χ4v) is 3.15. The van der Waals surface area contributed by atoms with E-state index in [0.717, 1.165) is 38.6 Å². The van der Waals surface area contributed by atoms with E-state index in [4.69, 9.17) is 0 Å². The first-order valence-electron chi connectivity index (χ1n) is 7.56. The summed E-state index contributed by atoms with van der Waals surface area (Å²) in [7, 11) is 0. The molecule has 0 spiro atoms. The first-order valence-corrected chi connectivity index (χ1v) is 8.35. The topological polar surface area (TPSA) is 15.3 Å². The molecule has 112 valence electrons. The van der Waals surface area contributed by atoms with Crippen LogP contribution in [0.5, 0.6) is 0 Å². The molecule has 4 heteroatoms. The normalized spacial score (nSPS) is 17.6. The van der Waals surface area contributed by atoms with E-state index in [-0.39, 0.29) is 5.82 Å². The van der Waals surface area contributed by atoms with Gasteiger partial charge in [-0.15, -0.1) is 0 Å². The molecule has 0 unspecified atom stereocenters. The number of benzene rings is 1. The van der Waals surface area contributed by atoms with Crippen LogP contribution in [0.2, 0.25) is 0 Å². The Bertz CT molecular complexity index is 417. The van der Waals surface area contributed by atoms with Gasteiger partial charge in [0.25, 0.3) is 0 Å². The van der Waals surface area contributed by atoms with Crippen LogP contribution in [0.1, 0.15) is 31.7 Å². The second kappa shape index (κ2) is 8.11. The third kappa shape index (κ3) is 4.83. The summed E-state index contributed by atoms with van der Waals surface area (Å²) in [6, 6.07) is 5.32. The fraction of sp³-hybridized carbons (Fsp3) is 0.625. The zero-order chi connectivity index (χ0) is 14.4. The molecule has 1 fully saturated rings. The van der Waals surface area contributed by atoms with Crippen LogP contribution in [0.4, 0.5) is 4.39 Å². The van der Waals surface area contributed by atoms with Crippen LogP contribution in [0.3, 0.4) is 0 Å². The molecule has 1 heterocycles. The van der Waals surface area contributed by atoms with Gasteiger partial charge in [0, 0.05) is 6.54 Å². The number of nitrogens with one attached hydrogen (secondary N) is 1. The van der Waals surface area contributed by atoms with Gasteiger partial charge in [-0.3, -0.25) is 4.90 Å². The van der Waals surface area contributed by atoms with Crippen molar-refractivity contribution in [2.45, 2.75) is 32.7 Å². The molecule has 0 amide bonds. The van der Waals surface area contributed by atoms with Crippen LogP contribution in [0.15, 0.2) is 22.7 Å². The second-order valence-corrected chi connectivity index (χ2v) is 6.53. The summed E-state index contributed by atoms with van der Waals surface area (Å²) in [4.78, 5) is 2.47. The van der Waals surface area contributed by atoms with Crippen molar-refractivity contribution in [3.8, 4) is 0 Å². The van der Waals surface area contributed by atoms with Gasteiger partial charge in [-0.2, -0.15) is 0 Å². The second-order valence-electron chi connectivity index (χ2n) is 5.67. The summed E-state index contributed by atoms with van der Waals surface area (Å²) in [6.45, 7) is 7.71. The van der Waals surface area contributed by atoms with Crippen molar-refractivity contribution in [1.29, 1.82) is 0 Å². The van der Waals surface area contributed by atoms with Crippen molar-refractivity contribution in [1.82, 2.24) is 10.2 Å². The molecular weight excluding hydrogens is 319 g/mol. The maximum atomic E-state index is 13.2. The van der Waals surface area contributed by atoms with Gasteiger partial charge in [0.1, 0.15) is 5.82 Å². The Hall–Kier alpha value is -0.450. The van der Waals surface area contributed by atoms with Crippen molar-refractivity contribution in [3.05, 3.63) is 34.1 Å². The average molecular weight is 343 g/mol. The minimum Gasteiger partial charge on any atom is -0.316 e. The van der Waals surface area contributed by atoms with Gasteiger partial charge in [0.2, 0.25) is 0 Å². The summed E-state index contributed by atoms with van der Waals surface area (Å²) < 4.78 is 13.8. The molecule has 1 N–H and O–H groups in total. The number of nitrogens with zero attached hydrogens (tertiary/aromatic N) is 1. The molecule has 1 aliphatic heterocycles. The minimum absolute atomic E-state index is 0.186. The van der Waals surface area contributed by atoms with E-state index in [1.165, 1.54) is 24.8 Å². The van der Waals surface area contributed by atoms with Crippen LogP contribution in [-0.4, -0.2) is 31.1 Å². The third-order valence-electron chi connectivity index (χ3n) is 3.96. The van der Waals surface area contributed by atoms with Crippen LogP contribution in [0.25, 0.3) is 0 Å². The summed E-state index contributed by atoms with van der Waals surface area (Å²) in [5, 5.41) is 3.52. The van der Waals surface area contributed by atoms with Crippen LogP contribution in [-0.2, 0) is 6.54 Å². The van der Waals surface area contributed by atoms with Gasteiger partial charge in [-0.05, 0) is 85.0 Å². The standard InChI is InChI=1S/C16H24BrFN2/c1-2-7-19-11-13-5-8-20(9-6-13)12-14-3-4-16(18)15(17)10-14/h3-4,10,13,19H,2,5-9,11-12H2,1H3. The highest BCUT2D eigenvalue weighted by molar-refractivity contribution is 9.10. The van der Waals surface area contributed by atoms with Gasteiger partial charge in [0.05, 0.1) is 4.47 Å². The molecule has 0 bridgehead atoms. The molecule has 0 atom stereocenters. The lowest BCUT2D eigenvalue weighted by Gasteiger charge is -2.32. The van der Waals surface area contributed by atoms with Crippen molar-refractivity contribution in [2.24, 2.45) is 5.92 Å². The molecule has 0 radical (unpaired) electrons. The molecule has 2 rings (SSSR count). The predicted octanol–water partition coefficient (Wildman–Crippen LogP) is 3.80. The first kappa shape index (κ1) is 15.9. The SMILES string of the molecule is CCCNCC1CCN(Cc2ccc(F)c(Br)c2)CC1. The summed E-state index contributed by atoms with van der Waals surface area (Å²) >= 11 is 3.25. The van der Waals surface area contributed by atoms with Gasteiger partial charge in [0.15, 0.2) is 0 Å². The van der Waals surface area contributed by atoms with Gasteiger partial charge >= 0.3 is 0 Å². The Morgan fingerprint density at radius 1 is 1.35 bits per heavy atom. The zero-order valence-electron chi connectivity index (χ0n) is 12.2. The third-order valence-corrected chi connectivity index (χ3v) is 4.56. The lowest BCUT2D eigenvalue weighted by Crippen LogP contribution is -2.37. The maximum Gasteiger partial charge on any atom is 0.137 e. The van der Waals surface area contributed by atoms with E-state index in [1.807, 2.05) is 12.1 Å². The highest BCUT2D eigenvalue weighted by Crippen LogP contribution is 2.21. The number of piperidine rings is 1. The summed E-state index contributed by atoms with van der Waals surface area (Å²) in [5.41, 5.74) is 1.18. The molecule has 20 heavy (non-hydrogen) atoms. The van der Waals surface area contributed by atoms with Gasteiger partial charge < -0.3 is 5.32 Å². The quantitative estimate of drug-likeness (QED) is 0.791. The van der Waals surface area contributed by atoms with Crippen molar-refractivity contribution in [2.75, 3.05) is 26.2 Å². The molecule has 0 aliphatic carbocycles. The monoisotopic (exact) mass is 342 g/mol. The van der Waals surface area contributed by atoms with Crippen molar-refractivity contribution >= 4 is 15.9 Å². The zero-order valence-corrected chi connectivity index (χ0v) is 13.8. The highest BCUT2D eigenvalue weighted by atomic mass is 79.9. The smallest absolute Gasteiger partial charge is 0.137 e. The summed E-state index contributed by atoms with van der Waals surface area (Å²) in [5.74, 6) is 0.632. The number of hydrogen-bond donors (Lipinski definition) is 1. The molecule has 0 saturated carbocycles. The van der Waals surface area contributed by atoms with E-state index in [1.54, 1.807) is 6.07 Å². The Labute approximate surface area is 129 Å². The van der Waals surface area contributed by atoms with Gasteiger partial charge in [-0.25, -0.2) is 4.39 Å². The van der Waals surface area contributed by atoms with Crippen LogP contribution < -0.4 is 5.32 Å². The molecule has 1 aliphatic rings. The van der Waals surface area contributed by atoms with E-state index in [0.29, 0.717) is 4.47 Å².